The largest absolute Gasteiger partial charge is 0.508 e. The number of aromatic hydroxyl groups is 2. The summed E-state index contributed by atoms with van der Waals surface area (Å²) < 4.78 is 5.28. The number of carbonyl (C=O) groups is 2. The second kappa shape index (κ2) is 11.9. The highest BCUT2D eigenvalue weighted by Gasteiger charge is 2.21. The lowest BCUT2D eigenvalue weighted by atomic mass is 10.00. The zero-order valence-electron chi connectivity index (χ0n) is 18.2. The predicted octanol–water partition coefficient (Wildman–Crippen LogP) is 3.48. The Morgan fingerprint density at radius 1 is 1.06 bits per heavy atom. The summed E-state index contributed by atoms with van der Waals surface area (Å²) >= 11 is 0. The molecule has 8 heteroatoms. The summed E-state index contributed by atoms with van der Waals surface area (Å²) in [7, 11) is 0. The maximum absolute atomic E-state index is 12.6. The zero-order valence-corrected chi connectivity index (χ0v) is 18.2. The summed E-state index contributed by atoms with van der Waals surface area (Å²) in [5, 5.41) is 24.3. The van der Waals surface area contributed by atoms with Gasteiger partial charge in [-0.15, -0.1) is 0 Å². The monoisotopic (exact) mass is 442 g/mol. The number of rotatable bonds is 3. The van der Waals surface area contributed by atoms with E-state index in [0.29, 0.717) is 17.7 Å². The lowest BCUT2D eigenvalue weighted by Crippen LogP contribution is -2.37. The number of esters is 1. The molecule has 1 saturated heterocycles. The van der Waals surface area contributed by atoms with Crippen LogP contribution in [0.1, 0.15) is 54.4 Å². The molecular weight excluding hydrogens is 412 g/mol. The second-order valence-electron chi connectivity index (χ2n) is 7.85. The first-order chi connectivity index (χ1) is 15.5. The van der Waals surface area contributed by atoms with Crippen molar-refractivity contribution < 1.29 is 29.4 Å². The minimum absolute atomic E-state index is 0.0191. The number of hydrogen-bond acceptors (Lipinski definition) is 7. The molecule has 8 nitrogen and oxygen atoms in total. The molecule has 0 atom stereocenters. The number of amides is 1. The van der Waals surface area contributed by atoms with Crippen LogP contribution >= 0.6 is 0 Å². The lowest BCUT2D eigenvalue weighted by molar-refractivity contribution is -0.137. The van der Waals surface area contributed by atoms with Gasteiger partial charge in [0.05, 0.1) is 12.3 Å². The van der Waals surface area contributed by atoms with Crippen LogP contribution in [0.5, 0.6) is 11.5 Å². The molecular formula is C24H30N2O6. The highest BCUT2D eigenvalue weighted by Crippen LogP contribution is 2.29. The topological polar surface area (TPSA) is 109 Å². The van der Waals surface area contributed by atoms with Crippen LogP contribution in [-0.4, -0.2) is 59.0 Å². The van der Waals surface area contributed by atoms with Crippen LogP contribution in [0.2, 0.25) is 0 Å². The Bertz CT molecular complexity index is 900. The highest BCUT2D eigenvalue weighted by atomic mass is 16.6. The summed E-state index contributed by atoms with van der Waals surface area (Å²) in [5.74, 6) is -1.32. The van der Waals surface area contributed by atoms with Crippen molar-refractivity contribution in [1.82, 2.24) is 4.90 Å². The average Bonchev–Trinajstić information content (AvgIpc) is 2.77. The number of carbonyl (C=O) groups excluding carboxylic acids is 2. The average molecular weight is 443 g/mol. The van der Waals surface area contributed by atoms with Gasteiger partial charge in [-0.1, -0.05) is 23.4 Å². The molecule has 0 unspecified atom stereocenters. The standard InChI is InChI=1S/C24H30N2O6/c27-20-15-18-14-19(25-32-17-22(29)26-11-7-5-8-12-26)10-6-3-1-2-4-9-13-31-24(30)23(18)21(28)16-20/h2,4,6,10,15-16,27-28H,1,3,5,7-9,11-14,17H2/b4-2+,10-6+,25-19+. The maximum Gasteiger partial charge on any atom is 0.342 e. The number of ether oxygens (including phenoxy) is 1. The Balaban J connectivity index is 1.80. The number of cyclic esters (lactones) is 1. The number of phenolic OH excluding ortho intramolecular Hbond substituents is 2. The van der Waals surface area contributed by atoms with E-state index in [1.165, 1.54) is 6.07 Å². The third-order valence-corrected chi connectivity index (χ3v) is 5.33. The number of fused-ring (bicyclic) bond motifs is 1. The summed E-state index contributed by atoms with van der Waals surface area (Å²) in [4.78, 5) is 32.0. The number of likely N-dealkylation sites (tertiary alicyclic amines) is 1. The number of phenols is 2. The molecule has 0 saturated carbocycles. The second-order valence-corrected chi connectivity index (χ2v) is 7.85. The fourth-order valence-corrected chi connectivity index (χ4v) is 3.71. The Kier molecular flexibility index (Phi) is 8.71. The van der Waals surface area contributed by atoms with Gasteiger partial charge in [-0.2, -0.15) is 0 Å². The van der Waals surface area contributed by atoms with Gasteiger partial charge in [-0.3, -0.25) is 4.79 Å². The van der Waals surface area contributed by atoms with E-state index in [4.69, 9.17) is 9.57 Å². The Morgan fingerprint density at radius 3 is 2.62 bits per heavy atom. The molecule has 32 heavy (non-hydrogen) atoms. The minimum Gasteiger partial charge on any atom is -0.508 e. The van der Waals surface area contributed by atoms with Crippen LogP contribution in [0.4, 0.5) is 0 Å². The highest BCUT2D eigenvalue weighted by molar-refractivity contribution is 6.00. The molecule has 172 valence electrons. The fraction of sp³-hybridized carbons (Fsp3) is 0.458. The molecule has 1 fully saturated rings. The quantitative estimate of drug-likeness (QED) is 0.421. The van der Waals surface area contributed by atoms with Crippen molar-refractivity contribution in [3.63, 3.8) is 0 Å². The van der Waals surface area contributed by atoms with Gasteiger partial charge in [-0.05, 0) is 56.2 Å². The van der Waals surface area contributed by atoms with Crippen LogP contribution in [0, 0.1) is 0 Å². The minimum atomic E-state index is -0.674. The maximum atomic E-state index is 12.6. The first-order valence-corrected chi connectivity index (χ1v) is 11.0. The molecule has 0 aliphatic carbocycles. The smallest absolute Gasteiger partial charge is 0.342 e. The van der Waals surface area contributed by atoms with Crippen LogP contribution in [0.25, 0.3) is 0 Å². The van der Waals surface area contributed by atoms with Crippen LogP contribution < -0.4 is 0 Å². The molecule has 2 N–H and O–H groups in total. The molecule has 3 rings (SSSR count). The van der Waals surface area contributed by atoms with E-state index >= 15 is 0 Å². The van der Waals surface area contributed by atoms with Gasteiger partial charge in [0.1, 0.15) is 17.1 Å². The number of benzene rings is 1. The number of hydrogen-bond donors (Lipinski definition) is 2. The first-order valence-electron chi connectivity index (χ1n) is 11.0. The number of oxime groups is 1. The van der Waals surface area contributed by atoms with Gasteiger partial charge in [0, 0.05) is 25.6 Å². The predicted molar refractivity (Wildman–Crippen MR) is 120 cm³/mol. The summed E-state index contributed by atoms with van der Waals surface area (Å²) in [5.41, 5.74) is 0.792. The first kappa shape index (κ1) is 23.4. The van der Waals surface area contributed by atoms with Crippen LogP contribution in [0.15, 0.2) is 41.6 Å². The van der Waals surface area contributed by atoms with Crippen molar-refractivity contribution in [1.29, 1.82) is 0 Å². The van der Waals surface area contributed by atoms with Gasteiger partial charge in [0.15, 0.2) is 6.61 Å². The third-order valence-electron chi connectivity index (χ3n) is 5.33. The summed E-state index contributed by atoms with van der Waals surface area (Å²) in [6.45, 7) is 1.49. The SMILES string of the molecule is O=C1OCC/C=C/CC/C=C/C(=N\OCC(=O)N2CCCCC2)Cc2cc(O)cc(O)c21. The van der Waals surface area contributed by atoms with E-state index in [1.54, 1.807) is 11.0 Å². The Hall–Kier alpha value is -3.29. The van der Waals surface area contributed by atoms with Gasteiger partial charge in [-0.25, -0.2) is 4.79 Å². The number of allylic oxidation sites excluding steroid dienone is 3. The van der Waals surface area contributed by atoms with Crippen molar-refractivity contribution in [3.05, 3.63) is 47.6 Å². The lowest BCUT2D eigenvalue weighted by Gasteiger charge is -2.26. The van der Waals surface area contributed by atoms with Crippen molar-refractivity contribution in [2.45, 2.75) is 44.9 Å². The molecule has 0 aromatic heterocycles. The van der Waals surface area contributed by atoms with E-state index in [-0.39, 0.29) is 42.6 Å². The van der Waals surface area contributed by atoms with Gasteiger partial charge < -0.3 is 24.7 Å². The number of piperidine rings is 1. The van der Waals surface area contributed by atoms with E-state index in [0.717, 1.165) is 51.3 Å². The molecule has 1 amide bonds. The van der Waals surface area contributed by atoms with Gasteiger partial charge in [0.2, 0.25) is 0 Å². The van der Waals surface area contributed by atoms with E-state index in [9.17, 15) is 19.8 Å². The Morgan fingerprint density at radius 2 is 1.81 bits per heavy atom. The van der Waals surface area contributed by atoms with Crippen molar-refractivity contribution in [2.24, 2.45) is 5.16 Å². The summed E-state index contributed by atoms with van der Waals surface area (Å²) in [6, 6.07) is 2.49. The fourth-order valence-electron chi connectivity index (χ4n) is 3.71. The molecule has 1 aromatic rings. The molecule has 0 spiro atoms. The van der Waals surface area contributed by atoms with E-state index in [2.05, 4.69) is 5.16 Å². The van der Waals surface area contributed by atoms with Crippen LogP contribution in [-0.2, 0) is 20.8 Å². The Labute approximate surface area is 187 Å². The molecule has 0 radical (unpaired) electrons. The van der Waals surface area contributed by atoms with E-state index < -0.39 is 5.97 Å². The van der Waals surface area contributed by atoms with Gasteiger partial charge >= 0.3 is 5.97 Å². The van der Waals surface area contributed by atoms with E-state index in [1.807, 2.05) is 18.2 Å². The molecule has 2 aliphatic heterocycles. The van der Waals surface area contributed by atoms with Crippen molar-refractivity contribution in [2.75, 3.05) is 26.3 Å². The number of nitrogens with zero attached hydrogens (tertiary/aromatic N) is 2. The van der Waals surface area contributed by atoms with Crippen LogP contribution in [0.3, 0.4) is 0 Å². The molecule has 1 aromatic carbocycles. The third kappa shape index (κ3) is 6.87. The summed E-state index contributed by atoms with van der Waals surface area (Å²) in [6.07, 6.45) is 13.1. The zero-order chi connectivity index (χ0) is 22.8. The normalized spacial score (nSPS) is 21.2. The molecule has 2 aliphatic rings. The molecule has 2 heterocycles. The van der Waals surface area contributed by atoms with Crippen molar-refractivity contribution in [3.8, 4) is 11.5 Å². The van der Waals surface area contributed by atoms with Crippen molar-refractivity contribution >= 4 is 17.6 Å². The van der Waals surface area contributed by atoms with Gasteiger partial charge in [0.25, 0.3) is 5.91 Å². The molecule has 0 bridgehead atoms.